The van der Waals surface area contributed by atoms with Crippen molar-refractivity contribution in [2.75, 3.05) is 6.61 Å². The molecule has 0 spiro atoms. The first-order valence-corrected chi connectivity index (χ1v) is 12.4. The average Bonchev–Trinajstić information content (AvgIpc) is 3.39. The van der Waals surface area contributed by atoms with Gasteiger partial charge in [-0.25, -0.2) is 0 Å². The molecule has 3 fully saturated rings. The lowest BCUT2D eigenvalue weighted by Crippen LogP contribution is -2.52. The second kappa shape index (κ2) is 12.3. The lowest BCUT2D eigenvalue weighted by Gasteiger charge is -2.36. The van der Waals surface area contributed by atoms with Crippen LogP contribution in [0.25, 0.3) is 0 Å². The smallest absolute Gasteiger partial charge is 0.493 e. The molecule has 2 N–H and O–H groups in total. The van der Waals surface area contributed by atoms with Crippen LogP contribution in [0, 0.1) is 5.92 Å². The normalized spacial score (nSPS) is 30.2. The minimum atomic E-state index is -4.63. The molecule has 11 heteroatoms. The Morgan fingerprint density at radius 1 is 1.17 bits per heavy atom. The van der Waals surface area contributed by atoms with Gasteiger partial charge in [-0.05, 0) is 62.3 Å². The summed E-state index contributed by atoms with van der Waals surface area (Å²) >= 11 is 5.82. The van der Waals surface area contributed by atoms with Crippen molar-refractivity contribution >= 4 is 23.9 Å². The fraction of sp³-hybridized carbons (Fsp3) is 0.667. The molecule has 0 radical (unpaired) electrons. The number of amides is 2. The van der Waals surface area contributed by atoms with Gasteiger partial charge in [0.05, 0.1) is 36.9 Å². The van der Waals surface area contributed by atoms with E-state index in [1.165, 1.54) is 5.56 Å². The number of alkyl halides is 3. The zero-order chi connectivity index (χ0) is 25.6. The lowest BCUT2D eigenvalue weighted by atomic mass is 9.84. The molecular weight excluding hydrogens is 489 g/mol. The SMILES string of the molecule is CC.Clc1ccc2c(c1)CCCO2.O=CNC1CC2OC1CC2C(=O)NC1CC(OC(F)(F)F)C1. The molecule has 4 unspecified atom stereocenters. The van der Waals surface area contributed by atoms with E-state index in [1.807, 2.05) is 32.0 Å². The summed E-state index contributed by atoms with van der Waals surface area (Å²) in [6.45, 7) is 4.84. The van der Waals surface area contributed by atoms with Crippen molar-refractivity contribution in [1.29, 1.82) is 0 Å². The van der Waals surface area contributed by atoms with E-state index >= 15 is 0 Å². The van der Waals surface area contributed by atoms with Gasteiger partial charge in [-0.2, -0.15) is 0 Å². The second-order valence-electron chi connectivity index (χ2n) is 8.75. The van der Waals surface area contributed by atoms with E-state index in [2.05, 4.69) is 15.4 Å². The summed E-state index contributed by atoms with van der Waals surface area (Å²) in [6, 6.07) is 5.46. The van der Waals surface area contributed by atoms with Crippen LogP contribution in [0.3, 0.4) is 0 Å². The fourth-order valence-electron chi connectivity index (χ4n) is 4.80. The highest BCUT2D eigenvalue weighted by atomic mass is 35.5. The minimum absolute atomic E-state index is 0.0557. The molecule has 1 aromatic rings. The maximum Gasteiger partial charge on any atom is 0.522 e. The summed E-state index contributed by atoms with van der Waals surface area (Å²) in [6.07, 6.45) is -1.62. The average molecular weight is 521 g/mol. The van der Waals surface area contributed by atoms with E-state index in [4.69, 9.17) is 21.1 Å². The van der Waals surface area contributed by atoms with E-state index in [0.29, 0.717) is 19.3 Å². The number of nitrogens with one attached hydrogen (secondary N) is 2. The lowest BCUT2D eigenvalue weighted by molar-refractivity contribution is -0.351. The Labute approximate surface area is 208 Å². The third-order valence-electron chi connectivity index (χ3n) is 6.45. The predicted molar refractivity (Wildman–Crippen MR) is 123 cm³/mol. The molecule has 1 saturated carbocycles. The van der Waals surface area contributed by atoms with Gasteiger partial charge in [0, 0.05) is 11.1 Å². The Hall–Kier alpha value is -2.04. The first-order chi connectivity index (χ1) is 16.7. The van der Waals surface area contributed by atoms with Gasteiger partial charge in [-0.15, -0.1) is 13.2 Å². The number of benzene rings is 1. The number of fused-ring (bicyclic) bond motifs is 3. The maximum atomic E-state index is 12.2. The van der Waals surface area contributed by atoms with Crippen LogP contribution < -0.4 is 15.4 Å². The molecule has 3 heterocycles. The topological polar surface area (TPSA) is 85.9 Å². The van der Waals surface area contributed by atoms with Crippen molar-refractivity contribution in [3.05, 3.63) is 28.8 Å². The van der Waals surface area contributed by atoms with Crippen LogP contribution in [-0.4, -0.2) is 55.7 Å². The summed E-state index contributed by atoms with van der Waals surface area (Å²) in [5.41, 5.74) is 1.24. The van der Waals surface area contributed by atoms with E-state index in [1.54, 1.807) is 0 Å². The van der Waals surface area contributed by atoms with E-state index in [9.17, 15) is 22.8 Å². The first kappa shape index (κ1) is 27.5. The van der Waals surface area contributed by atoms with Gasteiger partial charge in [-0.1, -0.05) is 25.4 Å². The van der Waals surface area contributed by atoms with Crippen LogP contribution in [-0.2, 0) is 25.5 Å². The molecule has 1 aliphatic carbocycles. The number of carbonyl (C=O) groups excluding carboxylic acids is 2. The number of hydrogen-bond acceptors (Lipinski definition) is 5. The molecule has 2 saturated heterocycles. The summed E-state index contributed by atoms with van der Waals surface area (Å²) in [5, 5.41) is 6.22. The molecule has 7 nitrogen and oxygen atoms in total. The van der Waals surface area contributed by atoms with E-state index in [0.717, 1.165) is 30.2 Å². The Bertz CT molecular complexity index is 866. The molecule has 4 aliphatic rings. The molecule has 4 atom stereocenters. The Morgan fingerprint density at radius 3 is 2.54 bits per heavy atom. The van der Waals surface area contributed by atoms with Crippen LogP contribution in [0.5, 0.6) is 5.75 Å². The number of ether oxygens (including phenoxy) is 3. The third kappa shape index (κ3) is 7.47. The first-order valence-electron chi connectivity index (χ1n) is 12.0. The van der Waals surface area contributed by atoms with Gasteiger partial charge < -0.3 is 20.1 Å². The van der Waals surface area contributed by atoms with Crippen molar-refractivity contribution in [2.45, 2.75) is 89.1 Å². The molecular formula is C24H32ClF3N2O5. The highest BCUT2D eigenvalue weighted by molar-refractivity contribution is 6.30. The quantitative estimate of drug-likeness (QED) is 0.570. The van der Waals surface area contributed by atoms with Gasteiger partial charge in [0.2, 0.25) is 12.3 Å². The largest absolute Gasteiger partial charge is 0.522 e. The Balaban J connectivity index is 0.000000220. The third-order valence-corrected chi connectivity index (χ3v) is 6.69. The van der Waals surface area contributed by atoms with E-state index in [-0.39, 0.29) is 49.0 Å². The molecule has 2 bridgehead atoms. The van der Waals surface area contributed by atoms with Gasteiger partial charge in [0.15, 0.2) is 0 Å². The van der Waals surface area contributed by atoms with Gasteiger partial charge in [0.25, 0.3) is 0 Å². The van der Waals surface area contributed by atoms with Gasteiger partial charge in [0.1, 0.15) is 5.75 Å². The highest BCUT2D eigenvalue weighted by Crippen LogP contribution is 2.39. The highest BCUT2D eigenvalue weighted by Gasteiger charge is 2.50. The van der Waals surface area contributed by atoms with Crippen molar-refractivity contribution in [3.63, 3.8) is 0 Å². The Kier molecular flexibility index (Phi) is 9.66. The van der Waals surface area contributed by atoms with Gasteiger partial charge >= 0.3 is 6.36 Å². The molecule has 3 aliphatic heterocycles. The summed E-state index contributed by atoms with van der Waals surface area (Å²) in [5.74, 6) is 0.519. The van der Waals surface area contributed by atoms with Crippen LogP contribution in [0.4, 0.5) is 13.2 Å². The summed E-state index contributed by atoms with van der Waals surface area (Å²) in [4.78, 5) is 22.6. The molecule has 1 aromatic carbocycles. The minimum Gasteiger partial charge on any atom is -0.493 e. The van der Waals surface area contributed by atoms with Crippen molar-refractivity contribution in [1.82, 2.24) is 10.6 Å². The van der Waals surface area contributed by atoms with E-state index < -0.39 is 12.5 Å². The van der Waals surface area contributed by atoms with Crippen molar-refractivity contribution in [3.8, 4) is 5.75 Å². The fourth-order valence-corrected chi connectivity index (χ4v) is 5.00. The zero-order valence-electron chi connectivity index (χ0n) is 19.8. The van der Waals surface area contributed by atoms with Crippen LogP contribution in [0.15, 0.2) is 18.2 Å². The molecule has 35 heavy (non-hydrogen) atoms. The van der Waals surface area contributed by atoms with Crippen LogP contribution in [0.2, 0.25) is 5.02 Å². The number of carbonyl (C=O) groups is 2. The second-order valence-corrected chi connectivity index (χ2v) is 9.18. The number of hydrogen-bond donors (Lipinski definition) is 2. The molecule has 5 rings (SSSR count). The zero-order valence-corrected chi connectivity index (χ0v) is 20.5. The monoisotopic (exact) mass is 520 g/mol. The maximum absolute atomic E-state index is 12.2. The van der Waals surface area contributed by atoms with Crippen molar-refractivity contribution in [2.24, 2.45) is 5.92 Å². The standard InChI is InChI=1S/C13H17F3N2O4.C9H9ClO.C2H6/c14-13(15,16)22-7-1-6(2-7)18-12(20)8-3-11-9(17-5-19)4-10(8)21-11;10-8-3-4-9-7(6-8)2-1-5-11-9;1-2/h5-11H,1-4H2,(H,17,19)(H,18,20);3-4,6H,1-2,5H2;1-2H3. The summed E-state index contributed by atoms with van der Waals surface area (Å²) < 4.78 is 51.0. The summed E-state index contributed by atoms with van der Waals surface area (Å²) in [7, 11) is 0. The molecule has 2 amide bonds. The molecule has 196 valence electrons. The number of halogens is 4. The van der Waals surface area contributed by atoms with Crippen LogP contribution in [0.1, 0.15) is 51.5 Å². The number of aryl methyl sites for hydroxylation is 1. The van der Waals surface area contributed by atoms with Gasteiger partial charge in [-0.3, -0.25) is 14.3 Å². The Morgan fingerprint density at radius 2 is 1.91 bits per heavy atom. The predicted octanol–water partition coefficient (Wildman–Crippen LogP) is 4.15. The van der Waals surface area contributed by atoms with Crippen LogP contribution >= 0.6 is 11.6 Å². The van der Waals surface area contributed by atoms with Crippen molar-refractivity contribution < 1.29 is 37.0 Å². The number of rotatable bonds is 5. The molecule has 0 aromatic heterocycles.